The lowest BCUT2D eigenvalue weighted by Gasteiger charge is -2.24. The number of Topliss-reactive ketones (excluding diaryl/α,β-unsaturated/α-hetero) is 1. The number of rotatable bonds is 1. The van der Waals surface area contributed by atoms with Gasteiger partial charge >= 0.3 is 0 Å². The highest BCUT2D eigenvalue weighted by atomic mass is 35.5. The summed E-state index contributed by atoms with van der Waals surface area (Å²) in [4.78, 5) is 10.9. The lowest BCUT2D eigenvalue weighted by atomic mass is 9.87. The SMILES string of the molecule is O=C1C(Cl)=C(c2ccccc2)C1O. The molecule has 13 heavy (non-hydrogen) atoms. The van der Waals surface area contributed by atoms with Crippen LogP contribution in [-0.2, 0) is 4.79 Å². The molecule has 0 bridgehead atoms. The molecule has 0 heterocycles. The normalized spacial score (nSPS) is 21.7. The van der Waals surface area contributed by atoms with Gasteiger partial charge in [0.25, 0.3) is 0 Å². The van der Waals surface area contributed by atoms with Gasteiger partial charge in [-0.25, -0.2) is 0 Å². The van der Waals surface area contributed by atoms with E-state index in [-0.39, 0.29) is 10.8 Å². The minimum Gasteiger partial charge on any atom is -0.380 e. The molecule has 2 rings (SSSR count). The maximum absolute atomic E-state index is 10.9. The summed E-state index contributed by atoms with van der Waals surface area (Å²) in [5, 5.41) is 9.46. The molecule has 0 aliphatic heterocycles. The fourth-order valence-corrected chi connectivity index (χ4v) is 1.64. The topological polar surface area (TPSA) is 37.3 Å². The van der Waals surface area contributed by atoms with Crippen LogP contribution in [0.3, 0.4) is 0 Å². The maximum Gasteiger partial charge on any atom is 0.207 e. The van der Waals surface area contributed by atoms with Crippen LogP contribution < -0.4 is 0 Å². The summed E-state index contributed by atoms with van der Waals surface area (Å²) < 4.78 is 0. The zero-order valence-corrected chi connectivity index (χ0v) is 7.45. The van der Waals surface area contributed by atoms with Gasteiger partial charge in [-0.05, 0) is 5.56 Å². The molecule has 1 N–H and O–H groups in total. The van der Waals surface area contributed by atoms with Crippen LogP contribution in [0.4, 0.5) is 0 Å². The molecule has 1 aliphatic rings. The Labute approximate surface area is 80.5 Å². The second-order valence-electron chi connectivity index (χ2n) is 2.86. The van der Waals surface area contributed by atoms with Crippen molar-refractivity contribution >= 4 is 23.0 Å². The third kappa shape index (κ3) is 1.19. The molecule has 1 aromatic rings. The molecule has 1 aromatic carbocycles. The molecule has 3 heteroatoms. The van der Waals surface area contributed by atoms with Crippen LogP contribution in [0.5, 0.6) is 0 Å². The first-order valence-electron chi connectivity index (χ1n) is 3.89. The van der Waals surface area contributed by atoms with Crippen LogP contribution in [-0.4, -0.2) is 17.0 Å². The Kier molecular flexibility index (Phi) is 1.94. The number of ketones is 1. The predicted octanol–water partition coefficient (Wildman–Crippen LogP) is 1.58. The molecule has 0 fully saturated rings. The fourth-order valence-electron chi connectivity index (χ4n) is 1.33. The minimum atomic E-state index is -1.03. The second-order valence-corrected chi connectivity index (χ2v) is 3.24. The number of hydrogen-bond acceptors (Lipinski definition) is 2. The number of carbonyl (C=O) groups excluding carboxylic acids is 1. The molecule has 66 valence electrons. The third-order valence-corrected chi connectivity index (χ3v) is 2.45. The Hall–Kier alpha value is -1.12. The van der Waals surface area contributed by atoms with E-state index < -0.39 is 6.10 Å². The lowest BCUT2D eigenvalue weighted by Crippen LogP contribution is -2.32. The van der Waals surface area contributed by atoms with Crippen molar-refractivity contribution in [1.29, 1.82) is 0 Å². The van der Waals surface area contributed by atoms with E-state index in [1.807, 2.05) is 30.3 Å². The fraction of sp³-hybridized carbons (Fsp3) is 0.100. The minimum absolute atomic E-state index is 0.152. The molecule has 1 unspecified atom stereocenters. The third-order valence-electron chi connectivity index (χ3n) is 2.06. The van der Waals surface area contributed by atoms with E-state index in [2.05, 4.69) is 0 Å². The first kappa shape index (κ1) is 8.48. The molecule has 1 aliphatic carbocycles. The van der Waals surface area contributed by atoms with Crippen LogP contribution in [0, 0.1) is 0 Å². The molecule has 0 saturated carbocycles. The van der Waals surface area contributed by atoms with E-state index in [4.69, 9.17) is 11.6 Å². The van der Waals surface area contributed by atoms with Gasteiger partial charge in [0.2, 0.25) is 5.78 Å². The van der Waals surface area contributed by atoms with Gasteiger partial charge in [0.15, 0.2) is 0 Å². The molecule has 2 nitrogen and oxygen atoms in total. The van der Waals surface area contributed by atoms with Crippen molar-refractivity contribution in [2.24, 2.45) is 0 Å². The van der Waals surface area contributed by atoms with E-state index in [0.717, 1.165) is 5.56 Å². The van der Waals surface area contributed by atoms with Crippen molar-refractivity contribution in [2.75, 3.05) is 0 Å². The summed E-state index contributed by atoms with van der Waals surface area (Å²) in [6, 6.07) is 9.16. The number of halogens is 1. The molecule has 1 atom stereocenters. The van der Waals surface area contributed by atoms with Crippen molar-refractivity contribution in [1.82, 2.24) is 0 Å². The van der Waals surface area contributed by atoms with E-state index in [1.165, 1.54) is 0 Å². The standard InChI is InChI=1S/C10H7ClO2/c11-8-7(9(12)10(8)13)6-4-2-1-3-5-6/h1-5,9,12H. The van der Waals surface area contributed by atoms with Crippen molar-refractivity contribution in [3.8, 4) is 0 Å². The van der Waals surface area contributed by atoms with Gasteiger partial charge in [-0.2, -0.15) is 0 Å². The summed E-state index contributed by atoms with van der Waals surface area (Å²) >= 11 is 5.66. The summed E-state index contributed by atoms with van der Waals surface area (Å²) in [6.07, 6.45) is -1.03. The van der Waals surface area contributed by atoms with E-state index in [0.29, 0.717) is 5.57 Å². The Bertz CT molecular complexity index is 381. The van der Waals surface area contributed by atoms with Gasteiger partial charge in [-0.3, -0.25) is 4.79 Å². The molecule has 0 radical (unpaired) electrons. The van der Waals surface area contributed by atoms with Crippen molar-refractivity contribution in [3.05, 3.63) is 40.9 Å². The number of hydrogen-bond donors (Lipinski definition) is 1. The highest BCUT2D eigenvalue weighted by Crippen LogP contribution is 2.35. The maximum atomic E-state index is 10.9. The number of aliphatic hydroxyl groups excluding tert-OH is 1. The van der Waals surface area contributed by atoms with Gasteiger partial charge in [0.05, 0.1) is 5.03 Å². The average molecular weight is 195 g/mol. The zero-order chi connectivity index (χ0) is 9.42. The van der Waals surface area contributed by atoms with Crippen LogP contribution >= 0.6 is 11.6 Å². The van der Waals surface area contributed by atoms with Gasteiger partial charge in [0, 0.05) is 5.57 Å². The van der Waals surface area contributed by atoms with E-state index in [1.54, 1.807) is 0 Å². The zero-order valence-electron chi connectivity index (χ0n) is 6.70. The summed E-state index contributed by atoms with van der Waals surface area (Å²) in [5.74, 6) is -0.388. The highest BCUT2D eigenvalue weighted by Gasteiger charge is 2.37. The predicted molar refractivity (Wildman–Crippen MR) is 50.2 cm³/mol. The number of aliphatic hydroxyl groups is 1. The van der Waals surface area contributed by atoms with Gasteiger partial charge in [-0.15, -0.1) is 0 Å². The quantitative estimate of drug-likeness (QED) is 0.737. The van der Waals surface area contributed by atoms with Crippen LogP contribution in [0.25, 0.3) is 5.57 Å². The Morgan fingerprint density at radius 2 is 1.85 bits per heavy atom. The lowest BCUT2D eigenvalue weighted by molar-refractivity contribution is -0.121. The van der Waals surface area contributed by atoms with Gasteiger partial charge in [0.1, 0.15) is 6.10 Å². The largest absolute Gasteiger partial charge is 0.380 e. The van der Waals surface area contributed by atoms with E-state index in [9.17, 15) is 9.90 Å². The van der Waals surface area contributed by atoms with Crippen LogP contribution in [0.2, 0.25) is 0 Å². The monoisotopic (exact) mass is 194 g/mol. The van der Waals surface area contributed by atoms with Crippen molar-refractivity contribution < 1.29 is 9.90 Å². The first-order chi connectivity index (χ1) is 6.22. The number of carbonyl (C=O) groups is 1. The Morgan fingerprint density at radius 3 is 2.38 bits per heavy atom. The molecular weight excluding hydrogens is 188 g/mol. The molecule has 0 amide bonds. The van der Waals surface area contributed by atoms with E-state index >= 15 is 0 Å². The first-order valence-corrected chi connectivity index (χ1v) is 4.27. The molecule has 0 saturated heterocycles. The molecular formula is C10H7ClO2. The summed E-state index contributed by atoms with van der Waals surface area (Å²) in [6.45, 7) is 0. The second kappa shape index (κ2) is 2.98. The number of benzene rings is 1. The summed E-state index contributed by atoms with van der Waals surface area (Å²) in [7, 11) is 0. The highest BCUT2D eigenvalue weighted by molar-refractivity contribution is 6.51. The van der Waals surface area contributed by atoms with Gasteiger partial charge < -0.3 is 5.11 Å². The average Bonchev–Trinajstić information content (AvgIpc) is 2.19. The van der Waals surface area contributed by atoms with Gasteiger partial charge in [-0.1, -0.05) is 41.9 Å². The van der Waals surface area contributed by atoms with Crippen LogP contribution in [0.15, 0.2) is 35.4 Å². The van der Waals surface area contributed by atoms with Crippen molar-refractivity contribution in [3.63, 3.8) is 0 Å². The van der Waals surface area contributed by atoms with Crippen molar-refractivity contribution in [2.45, 2.75) is 6.10 Å². The Balaban J connectivity index is 2.45. The molecule has 0 spiro atoms. The summed E-state index contributed by atoms with van der Waals surface area (Å²) in [5.41, 5.74) is 1.34. The smallest absolute Gasteiger partial charge is 0.207 e. The van der Waals surface area contributed by atoms with Crippen LogP contribution in [0.1, 0.15) is 5.56 Å². The Morgan fingerprint density at radius 1 is 1.23 bits per heavy atom. The molecule has 0 aromatic heterocycles.